The maximum absolute atomic E-state index is 10.8. The lowest BCUT2D eigenvalue weighted by atomic mass is 9.97. The number of carboxylic acids is 1. The third kappa shape index (κ3) is 8.09. The van der Waals surface area contributed by atoms with Gasteiger partial charge in [0, 0.05) is 0 Å². The number of rotatable bonds is 7. The van der Waals surface area contributed by atoms with E-state index >= 15 is 0 Å². The van der Waals surface area contributed by atoms with Gasteiger partial charge in [-0.2, -0.15) is 0 Å². The van der Waals surface area contributed by atoms with E-state index in [0.717, 1.165) is 16.9 Å². The number of carbonyl (C=O) groups is 1. The van der Waals surface area contributed by atoms with Gasteiger partial charge in [-0.15, -0.1) is 0 Å². The Kier molecular flexibility index (Phi) is 10.4. The maximum Gasteiger partial charge on any atom is 0.310 e. The molecule has 0 aliphatic rings. The van der Waals surface area contributed by atoms with E-state index in [2.05, 4.69) is 13.8 Å². The third-order valence-corrected chi connectivity index (χ3v) is 3.09. The quantitative estimate of drug-likeness (QED) is 0.565. The third-order valence-electron chi connectivity index (χ3n) is 3.09. The summed E-state index contributed by atoms with van der Waals surface area (Å²) in [5.41, 5.74) is 2.14. The molecule has 1 aromatic rings. The summed E-state index contributed by atoms with van der Waals surface area (Å²) < 4.78 is 0. The standard InChI is InChI=1S/C13H18O2.C3H9NO3/c1-9(2)8-11-4-6-12(7-5-11)10(3)13(14)15;5-1-4(2-6)3-7/h4-7,9-10H,8H2,1-3H3,(H,14,15);5-7H,1-3H2/t10-;/m0./s1. The minimum atomic E-state index is -0.772. The van der Waals surface area contributed by atoms with Gasteiger partial charge in [-0.25, -0.2) is 4.90 Å². The SMILES string of the molecule is CC(C)Cc1ccc([C@H](C)C(=O)O)cc1.OCN(CO)CO. The molecule has 1 aromatic carbocycles. The zero-order valence-electron chi connectivity index (χ0n) is 13.4. The highest BCUT2D eigenvalue weighted by molar-refractivity contribution is 5.75. The molecule has 1 atom stereocenters. The van der Waals surface area contributed by atoms with E-state index in [-0.39, 0.29) is 20.2 Å². The van der Waals surface area contributed by atoms with Crippen molar-refractivity contribution in [2.75, 3.05) is 20.2 Å². The molecule has 6 nitrogen and oxygen atoms in total. The molecule has 0 saturated heterocycles. The molecule has 0 saturated carbocycles. The van der Waals surface area contributed by atoms with Crippen molar-refractivity contribution in [1.82, 2.24) is 4.90 Å². The number of aliphatic hydroxyl groups is 3. The molecular formula is C16H27NO5. The van der Waals surface area contributed by atoms with Crippen molar-refractivity contribution in [2.45, 2.75) is 33.1 Å². The molecule has 6 heteroatoms. The molecule has 0 unspecified atom stereocenters. The molecule has 0 aliphatic heterocycles. The maximum atomic E-state index is 10.8. The Morgan fingerprint density at radius 3 is 1.73 bits per heavy atom. The van der Waals surface area contributed by atoms with Gasteiger partial charge >= 0.3 is 5.97 Å². The first-order chi connectivity index (χ1) is 10.3. The number of nitrogens with zero attached hydrogens (tertiary/aromatic N) is 1. The van der Waals surface area contributed by atoms with E-state index in [0.29, 0.717) is 5.92 Å². The number of carboxylic acid groups (broad SMARTS) is 1. The van der Waals surface area contributed by atoms with Crippen LogP contribution >= 0.6 is 0 Å². The van der Waals surface area contributed by atoms with Gasteiger partial charge in [0.1, 0.15) is 0 Å². The number of aliphatic carboxylic acids is 1. The molecule has 0 heterocycles. The Morgan fingerprint density at radius 1 is 1.00 bits per heavy atom. The summed E-state index contributed by atoms with van der Waals surface area (Å²) in [6.45, 7) is 5.12. The molecule has 0 aliphatic carbocycles. The van der Waals surface area contributed by atoms with Crippen LogP contribution in [0.5, 0.6) is 0 Å². The first-order valence-corrected chi connectivity index (χ1v) is 7.22. The second-order valence-electron chi connectivity index (χ2n) is 5.49. The fourth-order valence-corrected chi connectivity index (χ4v) is 1.69. The van der Waals surface area contributed by atoms with Gasteiger partial charge in [0.2, 0.25) is 0 Å². The predicted molar refractivity (Wildman–Crippen MR) is 84.1 cm³/mol. The average Bonchev–Trinajstić information content (AvgIpc) is 2.49. The molecule has 4 N–H and O–H groups in total. The van der Waals surface area contributed by atoms with Crippen LogP contribution in [0.3, 0.4) is 0 Å². The highest BCUT2D eigenvalue weighted by Gasteiger charge is 2.12. The summed E-state index contributed by atoms with van der Waals surface area (Å²) in [5.74, 6) is -0.558. The van der Waals surface area contributed by atoms with Crippen LogP contribution in [-0.2, 0) is 11.2 Å². The minimum Gasteiger partial charge on any atom is -0.481 e. The van der Waals surface area contributed by atoms with Gasteiger partial charge in [-0.1, -0.05) is 38.1 Å². The first-order valence-electron chi connectivity index (χ1n) is 7.22. The van der Waals surface area contributed by atoms with Gasteiger partial charge < -0.3 is 20.4 Å². The molecule has 0 fully saturated rings. The second kappa shape index (κ2) is 11.1. The van der Waals surface area contributed by atoms with Crippen LogP contribution in [0.2, 0.25) is 0 Å². The monoisotopic (exact) mass is 313 g/mol. The van der Waals surface area contributed by atoms with Gasteiger partial charge in [-0.05, 0) is 30.4 Å². The molecule has 126 valence electrons. The lowest BCUT2D eigenvalue weighted by Crippen LogP contribution is -2.26. The number of benzene rings is 1. The smallest absolute Gasteiger partial charge is 0.310 e. The van der Waals surface area contributed by atoms with Crippen molar-refractivity contribution in [3.05, 3.63) is 35.4 Å². The lowest BCUT2D eigenvalue weighted by Gasteiger charge is -2.09. The Hall–Kier alpha value is -1.47. The fourth-order valence-electron chi connectivity index (χ4n) is 1.69. The van der Waals surface area contributed by atoms with Crippen molar-refractivity contribution < 1.29 is 25.2 Å². The number of hydrogen-bond acceptors (Lipinski definition) is 5. The topological polar surface area (TPSA) is 101 Å². The molecule has 1 rings (SSSR count). The van der Waals surface area contributed by atoms with Gasteiger partial charge in [0.05, 0.1) is 26.1 Å². The molecular weight excluding hydrogens is 286 g/mol. The zero-order chi connectivity index (χ0) is 17.1. The summed E-state index contributed by atoms with van der Waals surface area (Å²) in [6, 6.07) is 7.87. The van der Waals surface area contributed by atoms with Gasteiger partial charge in [-0.3, -0.25) is 4.79 Å². The lowest BCUT2D eigenvalue weighted by molar-refractivity contribution is -0.138. The summed E-state index contributed by atoms with van der Waals surface area (Å²) in [7, 11) is 0. The Labute approximate surface area is 131 Å². The molecule has 0 bridgehead atoms. The molecule has 22 heavy (non-hydrogen) atoms. The fraction of sp³-hybridized carbons (Fsp3) is 0.562. The van der Waals surface area contributed by atoms with Crippen LogP contribution in [0.4, 0.5) is 0 Å². The normalized spacial score (nSPS) is 12.0. The molecule has 0 radical (unpaired) electrons. The van der Waals surface area contributed by atoms with E-state index in [4.69, 9.17) is 20.4 Å². The zero-order valence-corrected chi connectivity index (χ0v) is 13.4. The summed E-state index contributed by atoms with van der Waals surface area (Å²) >= 11 is 0. The molecule has 0 amide bonds. The highest BCUT2D eigenvalue weighted by Crippen LogP contribution is 2.17. The Morgan fingerprint density at radius 2 is 1.45 bits per heavy atom. The van der Waals surface area contributed by atoms with Crippen LogP contribution in [0.1, 0.15) is 37.8 Å². The minimum absolute atomic E-state index is 0.312. The van der Waals surface area contributed by atoms with Gasteiger partial charge in [0.15, 0.2) is 0 Å². The summed E-state index contributed by atoms with van der Waals surface area (Å²) in [4.78, 5) is 11.8. The van der Waals surface area contributed by atoms with Crippen molar-refractivity contribution in [3.8, 4) is 0 Å². The summed E-state index contributed by atoms with van der Waals surface area (Å²) in [5, 5.41) is 33.2. The van der Waals surface area contributed by atoms with Crippen molar-refractivity contribution in [1.29, 1.82) is 0 Å². The van der Waals surface area contributed by atoms with E-state index in [9.17, 15) is 4.79 Å². The van der Waals surface area contributed by atoms with Crippen LogP contribution < -0.4 is 0 Å². The highest BCUT2D eigenvalue weighted by atomic mass is 16.4. The Bertz CT molecular complexity index is 410. The largest absolute Gasteiger partial charge is 0.481 e. The van der Waals surface area contributed by atoms with E-state index in [1.165, 1.54) is 5.56 Å². The Balaban J connectivity index is 0.000000534. The second-order valence-corrected chi connectivity index (χ2v) is 5.49. The van der Waals surface area contributed by atoms with Crippen molar-refractivity contribution in [3.63, 3.8) is 0 Å². The number of hydrogen-bond donors (Lipinski definition) is 4. The molecule has 0 spiro atoms. The van der Waals surface area contributed by atoms with Crippen LogP contribution in [-0.4, -0.2) is 51.5 Å². The van der Waals surface area contributed by atoms with E-state index < -0.39 is 11.9 Å². The van der Waals surface area contributed by atoms with Crippen LogP contribution in [0.15, 0.2) is 24.3 Å². The van der Waals surface area contributed by atoms with Crippen molar-refractivity contribution >= 4 is 5.97 Å². The summed E-state index contributed by atoms with van der Waals surface area (Å²) in [6.07, 6.45) is 1.04. The van der Waals surface area contributed by atoms with Crippen LogP contribution in [0, 0.1) is 5.92 Å². The first kappa shape index (κ1) is 20.5. The van der Waals surface area contributed by atoms with E-state index in [1.807, 2.05) is 24.3 Å². The average molecular weight is 313 g/mol. The molecule has 0 aromatic heterocycles. The van der Waals surface area contributed by atoms with Crippen molar-refractivity contribution in [2.24, 2.45) is 5.92 Å². The number of aliphatic hydroxyl groups excluding tert-OH is 3. The van der Waals surface area contributed by atoms with Crippen LogP contribution in [0.25, 0.3) is 0 Å². The van der Waals surface area contributed by atoms with Gasteiger partial charge in [0.25, 0.3) is 0 Å². The van der Waals surface area contributed by atoms with E-state index in [1.54, 1.807) is 6.92 Å². The predicted octanol–water partition coefficient (Wildman–Crippen LogP) is 1.21.